The standard InChI is InChI=1S/C26H21ClF4N2O4/c1-12(2)37-23(35)15-11-33(22(34)14-9-10-16(26(29,30)31)19(27)20(14)28)24(36)25(3,4)18-13-7-5-6-8-17(13)32-21(15)18/h5-12,32H,1-4H3. The van der Waals surface area contributed by atoms with Crippen molar-refractivity contribution < 1.29 is 36.7 Å². The van der Waals surface area contributed by atoms with Gasteiger partial charge in [-0.05, 0) is 45.9 Å². The van der Waals surface area contributed by atoms with Crippen LogP contribution >= 0.6 is 11.6 Å². The number of carbonyl (C=O) groups excluding carboxylic acids is 3. The molecule has 0 bridgehead atoms. The van der Waals surface area contributed by atoms with E-state index in [0.29, 0.717) is 33.5 Å². The molecule has 4 rings (SSSR count). The molecule has 0 unspecified atom stereocenters. The minimum atomic E-state index is -4.96. The van der Waals surface area contributed by atoms with Crippen LogP contribution in [0.5, 0.6) is 0 Å². The molecule has 1 N–H and O–H groups in total. The van der Waals surface area contributed by atoms with Crippen molar-refractivity contribution in [3.8, 4) is 0 Å². The summed E-state index contributed by atoms with van der Waals surface area (Å²) in [6, 6.07) is 8.04. The van der Waals surface area contributed by atoms with Crippen molar-refractivity contribution in [1.82, 2.24) is 9.88 Å². The van der Waals surface area contributed by atoms with Crippen molar-refractivity contribution in [3.05, 3.63) is 75.8 Å². The zero-order valence-electron chi connectivity index (χ0n) is 20.1. The number of aromatic nitrogens is 1. The molecule has 11 heteroatoms. The summed E-state index contributed by atoms with van der Waals surface area (Å²) in [4.78, 5) is 43.9. The molecular weight excluding hydrogens is 516 g/mol. The van der Waals surface area contributed by atoms with Crippen LogP contribution in [-0.4, -0.2) is 33.8 Å². The van der Waals surface area contributed by atoms with Gasteiger partial charge >= 0.3 is 12.1 Å². The Bertz CT molecular complexity index is 1490. The molecule has 194 valence electrons. The smallest absolute Gasteiger partial charge is 0.417 e. The number of benzene rings is 2. The fraction of sp³-hybridized carbons (Fsp3) is 0.269. The van der Waals surface area contributed by atoms with E-state index in [1.807, 2.05) is 0 Å². The van der Waals surface area contributed by atoms with Gasteiger partial charge in [-0.1, -0.05) is 29.8 Å². The number of alkyl halides is 3. The molecule has 1 aliphatic rings. The van der Waals surface area contributed by atoms with Gasteiger partial charge in [-0.15, -0.1) is 0 Å². The second-order valence-electron chi connectivity index (χ2n) is 9.31. The lowest BCUT2D eigenvalue weighted by Crippen LogP contribution is -2.43. The first-order valence-corrected chi connectivity index (χ1v) is 11.5. The first kappa shape index (κ1) is 26.4. The highest BCUT2D eigenvalue weighted by atomic mass is 35.5. The number of halogens is 5. The lowest BCUT2D eigenvalue weighted by Gasteiger charge is -2.27. The van der Waals surface area contributed by atoms with Crippen molar-refractivity contribution in [2.45, 2.75) is 45.4 Å². The van der Waals surface area contributed by atoms with Crippen LogP contribution in [-0.2, 0) is 25.9 Å². The number of carbonyl (C=O) groups is 3. The number of H-pyrrole nitrogens is 1. The molecule has 3 aromatic rings. The van der Waals surface area contributed by atoms with Crippen LogP contribution in [0.4, 0.5) is 17.6 Å². The zero-order valence-corrected chi connectivity index (χ0v) is 20.8. The molecule has 0 spiro atoms. The number of esters is 1. The van der Waals surface area contributed by atoms with E-state index in [-0.39, 0.29) is 11.3 Å². The van der Waals surface area contributed by atoms with Crippen LogP contribution in [0.2, 0.25) is 5.02 Å². The van der Waals surface area contributed by atoms with Crippen LogP contribution in [0, 0.1) is 5.82 Å². The van der Waals surface area contributed by atoms with Crippen molar-refractivity contribution in [2.24, 2.45) is 0 Å². The van der Waals surface area contributed by atoms with E-state index in [1.54, 1.807) is 38.1 Å². The van der Waals surface area contributed by atoms with Gasteiger partial charge in [0.2, 0.25) is 5.91 Å². The number of amides is 2. The Morgan fingerprint density at radius 1 is 1.11 bits per heavy atom. The largest absolute Gasteiger partial charge is 0.459 e. The van der Waals surface area contributed by atoms with Crippen molar-refractivity contribution >= 4 is 45.9 Å². The summed E-state index contributed by atoms with van der Waals surface area (Å²) in [5.41, 5.74) is -2.71. The number of fused-ring (bicyclic) bond motifs is 3. The fourth-order valence-corrected chi connectivity index (χ4v) is 4.57. The number of para-hydroxylation sites is 1. The van der Waals surface area contributed by atoms with E-state index in [0.717, 1.165) is 6.20 Å². The Balaban J connectivity index is 1.94. The molecule has 0 atom stereocenters. The minimum absolute atomic E-state index is 0.189. The summed E-state index contributed by atoms with van der Waals surface area (Å²) in [5.74, 6) is -4.64. The van der Waals surface area contributed by atoms with Crippen LogP contribution in [0.1, 0.15) is 54.9 Å². The Morgan fingerprint density at radius 2 is 1.76 bits per heavy atom. The number of ether oxygens (including phenoxy) is 1. The first-order valence-electron chi connectivity index (χ1n) is 11.1. The molecule has 0 fully saturated rings. The van der Waals surface area contributed by atoms with Gasteiger partial charge in [0.15, 0.2) is 5.82 Å². The van der Waals surface area contributed by atoms with Gasteiger partial charge in [-0.25, -0.2) is 9.18 Å². The number of hydrogen-bond acceptors (Lipinski definition) is 4. The summed E-state index contributed by atoms with van der Waals surface area (Å²) in [5, 5.41) is -0.698. The minimum Gasteiger partial charge on any atom is -0.459 e. The number of imide groups is 1. The van der Waals surface area contributed by atoms with Gasteiger partial charge in [0.1, 0.15) is 5.57 Å². The molecule has 2 aromatic carbocycles. The Labute approximate surface area is 213 Å². The van der Waals surface area contributed by atoms with Gasteiger partial charge in [0.05, 0.1) is 33.4 Å². The molecule has 2 heterocycles. The highest BCUT2D eigenvalue weighted by Gasteiger charge is 2.45. The van der Waals surface area contributed by atoms with Crippen LogP contribution in [0.25, 0.3) is 16.5 Å². The van der Waals surface area contributed by atoms with E-state index in [1.165, 1.54) is 13.8 Å². The van der Waals surface area contributed by atoms with Crippen molar-refractivity contribution in [1.29, 1.82) is 0 Å². The molecule has 0 radical (unpaired) electrons. The monoisotopic (exact) mass is 536 g/mol. The van der Waals surface area contributed by atoms with Crippen LogP contribution in [0.15, 0.2) is 42.6 Å². The predicted octanol–water partition coefficient (Wildman–Crippen LogP) is 6.23. The van der Waals surface area contributed by atoms with Gasteiger partial charge in [0.25, 0.3) is 5.91 Å². The van der Waals surface area contributed by atoms with E-state index in [2.05, 4.69) is 4.98 Å². The number of aromatic amines is 1. The molecule has 1 aliphatic heterocycles. The maximum atomic E-state index is 14.9. The maximum absolute atomic E-state index is 14.9. The highest BCUT2D eigenvalue weighted by Crippen LogP contribution is 2.42. The summed E-state index contributed by atoms with van der Waals surface area (Å²) >= 11 is 5.60. The average molecular weight is 537 g/mol. The normalized spacial score (nSPS) is 15.5. The van der Waals surface area contributed by atoms with Gasteiger partial charge in [-0.2, -0.15) is 13.2 Å². The number of rotatable bonds is 3. The number of nitrogens with zero attached hydrogens (tertiary/aromatic N) is 1. The van der Waals surface area contributed by atoms with Crippen LogP contribution < -0.4 is 0 Å². The lowest BCUT2D eigenvalue weighted by atomic mass is 9.81. The molecular formula is C26H21ClF4N2O4. The third-order valence-electron chi connectivity index (χ3n) is 6.01. The summed E-state index contributed by atoms with van der Waals surface area (Å²) in [6.45, 7) is 6.27. The zero-order chi connectivity index (χ0) is 27.4. The highest BCUT2D eigenvalue weighted by molar-refractivity contribution is 6.32. The second-order valence-corrected chi connectivity index (χ2v) is 9.69. The Kier molecular flexibility index (Phi) is 6.44. The summed E-state index contributed by atoms with van der Waals surface area (Å²) in [7, 11) is 0. The summed E-state index contributed by atoms with van der Waals surface area (Å²) in [6.07, 6.45) is -4.59. The van der Waals surface area contributed by atoms with E-state index >= 15 is 0 Å². The quantitative estimate of drug-likeness (QED) is 0.244. The third-order valence-corrected chi connectivity index (χ3v) is 6.38. The SMILES string of the molecule is CC(C)OC(=O)C1=CN(C(=O)c2ccc(C(F)(F)F)c(Cl)c2F)C(=O)C(C)(C)c2c1[nH]c1ccccc21. The van der Waals surface area contributed by atoms with E-state index < -0.39 is 57.4 Å². The third kappa shape index (κ3) is 4.39. The number of hydrogen-bond donors (Lipinski definition) is 1. The van der Waals surface area contributed by atoms with E-state index in [9.17, 15) is 31.9 Å². The molecule has 0 aliphatic carbocycles. The first-order chi connectivity index (χ1) is 17.2. The average Bonchev–Trinajstić information content (AvgIpc) is 3.15. The second kappa shape index (κ2) is 9.02. The molecule has 0 saturated heterocycles. The molecule has 6 nitrogen and oxygen atoms in total. The van der Waals surface area contributed by atoms with E-state index in [4.69, 9.17) is 16.3 Å². The van der Waals surface area contributed by atoms with Gasteiger partial charge in [-0.3, -0.25) is 14.5 Å². The number of nitrogens with one attached hydrogen (secondary N) is 1. The molecule has 1 aromatic heterocycles. The lowest BCUT2D eigenvalue weighted by molar-refractivity contribution is -0.140. The van der Waals surface area contributed by atoms with Crippen LogP contribution in [0.3, 0.4) is 0 Å². The van der Waals surface area contributed by atoms with Crippen molar-refractivity contribution in [2.75, 3.05) is 0 Å². The van der Waals surface area contributed by atoms with Gasteiger partial charge in [0, 0.05) is 22.7 Å². The Hall–Kier alpha value is -3.66. The maximum Gasteiger partial charge on any atom is 0.417 e. The predicted molar refractivity (Wildman–Crippen MR) is 128 cm³/mol. The van der Waals surface area contributed by atoms with Crippen molar-refractivity contribution in [3.63, 3.8) is 0 Å². The summed E-state index contributed by atoms with van der Waals surface area (Å²) < 4.78 is 59.8. The Morgan fingerprint density at radius 3 is 2.38 bits per heavy atom. The molecule has 0 saturated carbocycles. The van der Waals surface area contributed by atoms with Gasteiger partial charge < -0.3 is 9.72 Å². The molecule has 2 amide bonds. The fourth-order valence-electron chi connectivity index (χ4n) is 4.30. The topological polar surface area (TPSA) is 79.5 Å². The molecule has 37 heavy (non-hydrogen) atoms.